The van der Waals surface area contributed by atoms with Crippen LogP contribution in [0, 0.1) is 0 Å². The topological polar surface area (TPSA) is 101 Å². The summed E-state index contributed by atoms with van der Waals surface area (Å²) in [5, 5.41) is 4.30. The van der Waals surface area contributed by atoms with Gasteiger partial charge in [0.25, 0.3) is 0 Å². The van der Waals surface area contributed by atoms with Gasteiger partial charge in [0.1, 0.15) is 17.9 Å². The molecule has 2 heterocycles. The molecule has 4 rings (SSSR count). The van der Waals surface area contributed by atoms with E-state index in [0.29, 0.717) is 33.9 Å². The predicted octanol–water partition coefficient (Wildman–Crippen LogP) is 3.82. The van der Waals surface area contributed by atoms with Crippen LogP contribution in [0.15, 0.2) is 68.3 Å². The highest BCUT2D eigenvalue weighted by atomic mass is 16.5. The molecule has 152 valence electrons. The molecule has 0 radical (unpaired) electrons. The average Bonchev–Trinajstić information content (AvgIpc) is 3.26. The SMILES string of the molecule is COc1ccc(-c2cc(COC(=O)c3cc(=O)c4ccccc4o3)no2)cc1OC. The van der Waals surface area contributed by atoms with Crippen molar-refractivity contribution in [2.45, 2.75) is 6.61 Å². The van der Waals surface area contributed by atoms with Crippen LogP contribution in [0.5, 0.6) is 11.5 Å². The van der Waals surface area contributed by atoms with Gasteiger partial charge in [0.2, 0.25) is 5.76 Å². The van der Waals surface area contributed by atoms with Crippen molar-refractivity contribution in [1.29, 1.82) is 0 Å². The summed E-state index contributed by atoms with van der Waals surface area (Å²) in [7, 11) is 3.09. The van der Waals surface area contributed by atoms with Crippen molar-refractivity contribution in [3.63, 3.8) is 0 Å². The van der Waals surface area contributed by atoms with Gasteiger partial charge in [-0.25, -0.2) is 4.79 Å². The lowest BCUT2D eigenvalue weighted by Crippen LogP contribution is -2.10. The van der Waals surface area contributed by atoms with Crippen LogP contribution in [0.1, 0.15) is 16.2 Å². The number of carbonyl (C=O) groups excluding carboxylic acids is 1. The Morgan fingerprint density at radius 2 is 1.80 bits per heavy atom. The molecular formula is C22H17NO7. The largest absolute Gasteiger partial charge is 0.493 e. The maximum absolute atomic E-state index is 12.3. The first-order valence-electron chi connectivity index (χ1n) is 8.97. The number of ether oxygens (including phenoxy) is 3. The molecule has 8 nitrogen and oxygen atoms in total. The number of fused-ring (bicyclic) bond motifs is 1. The molecule has 8 heteroatoms. The van der Waals surface area contributed by atoms with Crippen molar-refractivity contribution in [2.24, 2.45) is 0 Å². The van der Waals surface area contributed by atoms with Gasteiger partial charge < -0.3 is 23.2 Å². The van der Waals surface area contributed by atoms with Crippen molar-refractivity contribution in [1.82, 2.24) is 5.16 Å². The molecule has 0 N–H and O–H groups in total. The van der Waals surface area contributed by atoms with E-state index in [1.165, 1.54) is 7.11 Å². The summed E-state index contributed by atoms with van der Waals surface area (Å²) in [5.74, 6) is 0.660. The monoisotopic (exact) mass is 407 g/mol. The quantitative estimate of drug-likeness (QED) is 0.445. The zero-order valence-corrected chi connectivity index (χ0v) is 16.2. The van der Waals surface area contributed by atoms with Crippen LogP contribution in [0.2, 0.25) is 0 Å². The molecule has 0 spiro atoms. The number of aromatic nitrogens is 1. The third-order valence-corrected chi connectivity index (χ3v) is 4.41. The zero-order chi connectivity index (χ0) is 21.1. The van der Waals surface area contributed by atoms with Crippen molar-refractivity contribution in [3.05, 3.63) is 76.3 Å². The smallest absolute Gasteiger partial charge is 0.374 e. The van der Waals surface area contributed by atoms with Gasteiger partial charge in [0.05, 0.1) is 19.6 Å². The van der Waals surface area contributed by atoms with Gasteiger partial charge in [-0.05, 0) is 30.3 Å². The van der Waals surface area contributed by atoms with E-state index in [0.717, 1.165) is 11.6 Å². The summed E-state index contributed by atoms with van der Waals surface area (Å²) in [4.78, 5) is 24.4. The summed E-state index contributed by atoms with van der Waals surface area (Å²) in [6.45, 7) is -0.147. The van der Waals surface area contributed by atoms with Crippen LogP contribution < -0.4 is 14.9 Å². The third kappa shape index (κ3) is 3.75. The van der Waals surface area contributed by atoms with E-state index in [-0.39, 0.29) is 17.8 Å². The van der Waals surface area contributed by atoms with Crippen LogP contribution in [-0.2, 0) is 11.3 Å². The summed E-state index contributed by atoms with van der Waals surface area (Å²) in [5.41, 5.74) is 1.12. The fourth-order valence-corrected chi connectivity index (χ4v) is 2.92. The standard InChI is InChI=1S/C22H17NO7/c1-26-18-8-7-13(9-20(18)27-2)19-10-14(23-30-19)12-28-22(25)21-11-16(24)15-5-3-4-6-17(15)29-21/h3-11H,12H2,1-2H3. The van der Waals surface area contributed by atoms with E-state index < -0.39 is 5.97 Å². The molecule has 0 saturated carbocycles. The Balaban J connectivity index is 1.48. The highest BCUT2D eigenvalue weighted by Gasteiger charge is 2.16. The van der Waals surface area contributed by atoms with E-state index in [9.17, 15) is 9.59 Å². The Hall–Kier alpha value is -4.07. The molecule has 0 aliphatic carbocycles. The lowest BCUT2D eigenvalue weighted by molar-refractivity contribution is 0.0428. The second-order valence-electron chi connectivity index (χ2n) is 6.30. The molecule has 0 saturated heterocycles. The summed E-state index contributed by atoms with van der Waals surface area (Å²) in [6.07, 6.45) is 0. The lowest BCUT2D eigenvalue weighted by atomic mass is 10.1. The van der Waals surface area contributed by atoms with Gasteiger partial charge in [-0.3, -0.25) is 4.79 Å². The fraction of sp³-hybridized carbons (Fsp3) is 0.136. The molecule has 0 fully saturated rings. The molecule has 0 aliphatic heterocycles. The van der Waals surface area contributed by atoms with Crippen LogP contribution in [0.25, 0.3) is 22.3 Å². The minimum Gasteiger partial charge on any atom is -0.493 e. The molecule has 2 aromatic carbocycles. The number of para-hydroxylation sites is 1. The molecule has 0 unspecified atom stereocenters. The first-order valence-corrected chi connectivity index (χ1v) is 8.97. The second-order valence-corrected chi connectivity index (χ2v) is 6.30. The summed E-state index contributed by atoms with van der Waals surface area (Å²) < 4.78 is 26.5. The van der Waals surface area contributed by atoms with Gasteiger partial charge in [-0.15, -0.1) is 0 Å². The summed E-state index contributed by atoms with van der Waals surface area (Å²) in [6, 6.07) is 14.7. The number of carbonyl (C=O) groups is 1. The van der Waals surface area contributed by atoms with Gasteiger partial charge in [-0.2, -0.15) is 0 Å². The Bertz CT molecular complexity index is 1270. The number of methoxy groups -OCH3 is 2. The summed E-state index contributed by atoms with van der Waals surface area (Å²) >= 11 is 0. The van der Waals surface area contributed by atoms with Crippen molar-refractivity contribution >= 4 is 16.9 Å². The highest BCUT2D eigenvalue weighted by Crippen LogP contribution is 2.32. The Morgan fingerprint density at radius 3 is 2.60 bits per heavy atom. The Morgan fingerprint density at radius 1 is 1.00 bits per heavy atom. The third-order valence-electron chi connectivity index (χ3n) is 4.41. The van der Waals surface area contributed by atoms with Crippen LogP contribution in [0.4, 0.5) is 0 Å². The molecular weight excluding hydrogens is 390 g/mol. The number of rotatable bonds is 6. The van der Waals surface area contributed by atoms with Crippen LogP contribution in [-0.4, -0.2) is 25.3 Å². The van der Waals surface area contributed by atoms with Crippen molar-refractivity contribution in [2.75, 3.05) is 14.2 Å². The van der Waals surface area contributed by atoms with E-state index in [1.54, 1.807) is 55.6 Å². The van der Waals surface area contributed by atoms with E-state index >= 15 is 0 Å². The Kier molecular flexibility index (Phi) is 5.21. The highest BCUT2D eigenvalue weighted by molar-refractivity contribution is 5.88. The minimum absolute atomic E-state index is 0.147. The Labute approximate surface area is 170 Å². The second kappa shape index (κ2) is 8.12. The van der Waals surface area contributed by atoms with E-state index in [1.807, 2.05) is 0 Å². The zero-order valence-electron chi connectivity index (χ0n) is 16.2. The maximum atomic E-state index is 12.3. The molecule has 0 atom stereocenters. The van der Waals surface area contributed by atoms with E-state index in [4.69, 9.17) is 23.2 Å². The minimum atomic E-state index is -0.770. The molecule has 0 amide bonds. The number of nitrogens with zero attached hydrogens (tertiary/aromatic N) is 1. The van der Waals surface area contributed by atoms with Crippen LogP contribution >= 0.6 is 0 Å². The molecule has 0 aliphatic rings. The molecule has 0 bridgehead atoms. The van der Waals surface area contributed by atoms with E-state index in [2.05, 4.69) is 5.16 Å². The predicted molar refractivity (Wildman–Crippen MR) is 107 cm³/mol. The average molecular weight is 407 g/mol. The van der Waals surface area contributed by atoms with Gasteiger partial charge in [-0.1, -0.05) is 17.3 Å². The van der Waals surface area contributed by atoms with Crippen molar-refractivity contribution < 1.29 is 27.9 Å². The molecule has 2 aromatic heterocycles. The van der Waals surface area contributed by atoms with Gasteiger partial charge in [0, 0.05) is 17.7 Å². The number of hydrogen-bond donors (Lipinski definition) is 0. The fourth-order valence-electron chi connectivity index (χ4n) is 2.92. The maximum Gasteiger partial charge on any atom is 0.374 e. The first kappa shape index (κ1) is 19.3. The number of benzene rings is 2. The van der Waals surface area contributed by atoms with Gasteiger partial charge in [0.15, 0.2) is 22.7 Å². The number of esters is 1. The van der Waals surface area contributed by atoms with Crippen molar-refractivity contribution in [3.8, 4) is 22.8 Å². The van der Waals surface area contributed by atoms with Gasteiger partial charge >= 0.3 is 5.97 Å². The molecule has 4 aromatic rings. The van der Waals surface area contributed by atoms with Crippen LogP contribution in [0.3, 0.4) is 0 Å². The number of hydrogen-bond acceptors (Lipinski definition) is 8. The molecule has 30 heavy (non-hydrogen) atoms. The first-order chi connectivity index (χ1) is 14.6. The lowest BCUT2D eigenvalue weighted by Gasteiger charge is -2.07. The normalized spacial score (nSPS) is 10.7.